The fraction of sp³-hybridized carbons (Fsp3) is 0.214. The van der Waals surface area contributed by atoms with Crippen LogP contribution in [0, 0.1) is 12.3 Å². The molecule has 0 aliphatic heterocycles. The molecule has 0 bridgehead atoms. The van der Waals surface area contributed by atoms with Crippen LogP contribution in [0.15, 0.2) is 48.1 Å². The molecule has 0 radical (unpaired) electrons. The molecule has 0 spiro atoms. The van der Waals surface area contributed by atoms with Gasteiger partial charge in [0.2, 0.25) is 0 Å². The molecular weight excluding hydrogens is 196 g/mol. The number of hydrogen-bond donors (Lipinski definition) is 1. The van der Waals surface area contributed by atoms with Crippen LogP contribution in [0.4, 0.5) is 5.69 Å². The topological polar surface area (TPSA) is 38.0 Å². The van der Waals surface area contributed by atoms with E-state index in [1.165, 1.54) is 5.56 Å². The van der Waals surface area contributed by atoms with Crippen molar-refractivity contribution in [2.24, 2.45) is 0 Å². The van der Waals surface area contributed by atoms with Crippen molar-refractivity contribution in [2.75, 3.05) is 0 Å². The van der Waals surface area contributed by atoms with Gasteiger partial charge in [-0.05, 0) is 19.9 Å². The van der Waals surface area contributed by atoms with E-state index in [0.717, 1.165) is 11.3 Å². The number of rotatable bonds is 2. The number of hydrogen-bond acceptors (Lipinski definition) is 1. The van der Waals surface area contributed by atoms with Gasteiger partial charge in [0.15, 0.2) is 0 Å². The summed E-state index contributed by atoms with van der Waals surface area (Å²) in [5, 5.41) is 12.3. The lowest BCUT2D eigenvalue weighted by Crippen LogP contribution is -2.16. The van der Waals surface area contributed by atoms with Gasteiger partial charge in [-0.1, -0.05) is 53.6 Å². The first kappa shape index (κ1) is 10.7. The van der Waals surface area contributed by atoms with Gasteiger partial charge in [0.25, 0.3) is 0 Å². The summed E-state index contributed by atoms with van der Waals surface area (Å²) in [5.41, 5.74) is 3.87. The van der Waals surface area contributed by atoms with E-state index in [2.05, 4.69) is 12.2 Å². The van der Waals surface area contributed by atoms with Crippen molar-refractivity contribution in [1.82, 2.24) is 0 Å². The summed E-state index contributed by atoms with van der Waals surface area (Å²) in [6, 6.07) is 7.93. The van der Waals surface area contributed by atoms with Crippen molar-refractivity contribution < 1.29 is 0 Å². The number of aryl methyl sites for hydroxylation is 1. The Hall–Kier alpha value is -1.83. The first-order valence-corrected chi connectivity index (χ1v) is 5.37. The number of allylic oxidation sites excluding steroid dienone is 2. The molecular formula is C14H15N2-. The fourth-order valence-corrected chi connectivity index (χ4v) is 1.61. The van der Waals surface area contributed by atoms with Crippen molar-refractivity contribution in [3.8, 4) is 0 Å². The molecule has 1 aromatic rings. The Kier molecular flexibility index (Phi) is 2.91. The number of nitrogens with one attached hydrogen (secondary N) is 1. The largest absolute Gasteiger partial charge is 0.674 e. The molecule has 0 saturated carbocycles. The Morgan fingerprint density at radius 2 is 1.75 bits per heavy atom. The summed E-state index contributed by atoms with van der Waals surface area (Å²) < 4.78 is 0. The average Bonchev–Trinajstić information content (AvgIpc) is 2.27. The third-order valence-corrected chi connectivity index (χ3v) is 2.59. The highest BCUT2D eigenvalue weighted by Gasteiger charge is 2.04. The summed E-state index contributed by atoms with van der Waals surface area (Å²) in [7, 11) is 0. The second-order valence-electron chi connectivity index (χ2n) is 4.11. The lowest BCUT2D eigenvalue weighted by Gasteiger charge is -2.32. The van der Waals surface area contributed by atoms with Crippen molar-refractivity contribution >= 4 is 11.4 Å². The minimum atomic E-state index is -0.132. The molecule has 1 unspecified atom stereocenters. The van der Waals surface area contributed by atoms with E-state index in [9.17, 15) is 0 Å². The third-order valence-electron chi connectivity index (χ3n) is 2.59. The smallest absolute Gasteiger partial charge is 0.0206 e. The second kappa shape index (κ2) is 4.35. The highest BCUT2D eigenvalue weighted by molar-refractivity contribution is 6.02. The molecule has 0 amide bonds. The van der Waals surface area contributed by atoms with E-state index >= 15 is 0 Å². The van der Waals surface area contributed by atoms with E-state index in [1.807, 2.05) is 49.4 Å². The van der Waals surface area contributed by atoms with Crippen molar-refractivity contribution in [1.29, 1.82) is 5.41 Å². The summed E-state index contributed by atoms with van der Waals surface area (Å²) in [6.07, 6.45) is 5.78. The summed E-state index contributed by atoms with van der Waals surface area (Å²) in [6.45, 7) is 4.08. The maximum atomic E-state index is 7.80. The Labute approximate surface area is 96.2 Å². The molecule has 2 nitrogen and oxygen atoms in total. The fourth-order valence-electron chi connectivity index (χ4n) is 1.61. The first-order valence-electron chi connectivity index (χ1n) is 5.37. The van der Waals surface area contributed by atoms with Crippen LogP contribution in [0.1, 0.15) is 12.5 Å². The van der Waals surface area contributed by atoms with Gasteiger partial charge < -0.3 is 10.7 Å². The molecule has 1 atom stereocenters. The Balaban J connectivity index is 2.13. The molecule has 1 aromatic carbocycles. The highest BCUT2D eigenvalue weighted by Crippen LogP contribution is 2.25. The molecule has 0 aromatic heterocycles. The van der Waals surface area contributed by atoms with Gasteiger partial charge in [0, 0.05) is 5.71 Å². The van der Waals surface area contributed by atoms with E-state index in [4.69, 9.17) is 5.41 Å². The van der Waals surface area contributed by atoms with Gasteiger partial charge in [0.1, 0.15) is 0 Å². The zero-order valence-electron chi connectivity index (χ0n) is 9.57. The Bertz CT molecular complexity index is 452. The van der Waals surface area contributed by atoms with Crippen molar-refractivity contribution in [3.63, 3.8) is 0 Å². The van der Waals surface area contributed by atoms with Crippen LogP contribution in [0.25, 0.3) is 5.32 Å². The second-order valence-corrected chi connectivity index (χ2v) is 4.11. The molecule has 16 heavy (non-hydrogen) atoms. The van der Waals surface area contributed by atoms with Gasteiger partial charge in [-0.25, -0.2) is 0 Å². The van der Waals surface area contributed by atoms with Gasteiger partial charge >= 0.3 is 0 Å². The van der Waals surface area contributed by atoms with Crippen LogP contribution >= 0.6 is 0 Å². The van der Waals surface area contributed by atoms with E-state index in [1.54, 1.807) is 0 Å². The normalized spacial score (nSPS) is 19.5. The maximum absolute atomic E-state index is 7.80. The predicted molar refractivity (Wildman–Crippen MR) is 68.6 cm³/mol. The minimum Gasteiger partial charge on any atom is -0.674 e. The van der Waals surface area contributed by atoms with Gasteiger partial charge in [-0.3, -0.25) is 0 Å². The molecule has 0 saturated heterocycles. The molecule has 2 heteroatoms. The molecule has 1 aliphatic carbocycles. The molecule has 2 rings (SSSR count). The highest BCUT2D eigenvalue weighted by atomic mass is 14.9. The van der Waals surface area contributed by atoms with Gasteiger partial charge in [-0.15, -0.1) is 5.69 Å². The van der Waals surface area contributed by atoms with E-state index in [-0.39, 0.29) is 6.04 Å². The third kappa shape index (κ3) is 2.40. The van der Waals surface area contributed by atoms with Crippen LogP contribution in [-0.4, -0.2) is 11.8 Å². The number of nitrogens with zero attached hydrogens (tertiary/aromatic N) is 1. The molecule has 0 heterocycles. The van der Waals surface area contributed by atoms with E-state index in [0.29, 0.717) is 5.71 Å². The Morgan fingerprint density at radius 3 is 2.44 bits per heavy atom. The minimum absolute atomic E-state index is 0.132. The zero-order chi connectivity index (χ0) is 11.5. The molecule has 1 N–H and O–H groups in total. The lowest BCUT2D eigenvalue weighted by atomic mass is 10.0. The quantitative estimate of drug-likeness (QED) is 0.770. The van der Waals surface area contributed by atoms with Gasteiger partial charge in [0.05, 0.1) is 0 Å². The van der Waals surface area contributed by atoms with Crippen LogP contribution < -0.4 is 0 Å². The number of benzene rings is 1. The molecule has 82 valence electrons. The summed E-state index contributed by atoms with van der Waals surface area (Å²) in [5.74, 6) is 0. The predicted octanol–water partition coefficient (Wildman–Crippen LogP) is 3.90. The van der Waals surface area contributed by atoms with Crippen LogP contribution in [0.5, 0.6) is 0 Å². The average molecular weight is 211 g/mol. The SMILES string of the molecule is CC1=CC([N-]c2ccc(C)cc2)C(=N)C=C1. The summed E-state index contributed by atoms with van der Waals surface area (Å²) in [4.78, 5) is 0. The zero-order valence-corrected chi connectivity index (χ0v) is 9.57. The van der Waals surface area contributed by atoms with Crippen molar-refractivity contribution in [3.05, 3.63) is 58.9 Å². The van der Waals surface area contributed by atoms with Gasteiger partial charge in [-0.2, -0.15) is 0 Å². The summed E-state index contributed by atoms with van der Waals surface area (Å²) >= 11 is 0. The lowest BCUT2D eigenvalue weighted by molar-refractivity contribution is 1.18. The maximum Gasteiger partial charge on any atom is 0.0206 e. The van der Waals surface area contributed by atoms with E-state index < -0.39 is 0 Å². The monoisotopic (exact) mass is 211 g/mol. The molecule has 0 fully saturated rings. The van der Waals surface area contributed by atoms with Crippen molar-refractivity contribution in [2.45, 2.75) is 19.9 Å². The first-order chi connectivity index (χ1) is 7.65. The molecule has 1 aliphatic rings. The Morgan fingerprint density at radius 1 is 1.06 bits per heavy atom. The van der Waals surface area contributed by atoms with Crippen LogP contribution in [-0.2, 0) is 0 Å². The standard InChI is InChI=1S/C14H15N2/c1-10-3-6-12(7-4-10)16-14-9-11(2)5-8-13(14)15/h3-9,14-15H,1-2H3/q-1. The van der Waals surface area contributed by atoms with Crippen LogP contribution in [0.3, 0.4) is 0 Å². The van der Waals surface area contributed by atoms with Crippen LogP contribution in [0.2, 0.25) is 0 Å².